The molecule has 0 aliphatic heterocycles. The molecule has 0 radical (unpaired) electrons. The van der Waals surface area contributed by atoms with Crippen LogP contribution in [0.5, 0.6) is 0 Å². The average Bonchev–Trinajstić information content (AvgIpc) is 3.32. The molecule has 8 nitrogen and oxygen atoms in total. The van der Waals surface area contributed by atoms with Gasteiger partial charge in [0, 0.05) is 19.7 Å². The van der Waals surface area contributed by atoms with Gasteiger partial charge in [-0.1, -0.05) is 35.5 Å². The van der Waals surface area contributed by atoms with E-state index in [4.69, 9.17) is 4.52 Å². The van der Waals surface area contributed by atoms with Gasteiger partial charge in [0.1, 0.15) is 12.1 Å². The molecule has 136 valence electrons. The highest BCUT2D eigenvalue weighted by molar-refractivity contribution is 5.54. The quantitative estimate of drug-likeness (QED) is 0.564. The lowest BCUT2D eigenvalue weighted by molar-refractivity contribution is 0.424. The summed E-state index contributed by atoms with van der Waals surface area (Å²) in [5.74, 6) is 2.68. The second-order valence-electron chi connectivity index (χ2n) is 6.28. The molecule has 0 saturated carbocycles. The molecule has 3 aromatic heterocycles. The van der Waals surface area contributed by atoms with Crippen molar-refractivity contribution in [3.63, 3.8) is 0 Å². The number of pyridine rings is 1. The van der Waals surface area contributed by atoms with Crippen molar-refractivity contribution < 1.29 is 4.52 Å². The van der Waals surface area contributed by atoms with E-state index in [-0.39, 0.29) is 6.04 Å². The summed E-state index contributed by atoms with van der Waals surface area (Å²) < 4.78 is 7.25. The molecule has 0 aliphatic rings. The van der Waals surface area contributed by atoms with Crippen molar-refractivity contribution in [1.29, 1.82) is 0 Å². The lowest BCUT2D eigenvalue weighted by Crippen LogP contribution is -2.12. The third-order valence-electron chi connectivity index (χ3n) is 4.18. The standard InChI is InChI=1S/C19H19N7O/c1-13(18-24-21-12-26(18)2)22-16-9-8-15(11-20-16)19-23-17(25-27-19)10-14-6-4-3-5-7-14/h3-9,11-13H,10H2,1-2H3,(H,20,22)/t13-/m1/s1. The van der Waals surface area contributed by atoms with E-state index >= 15 is 0 Å². The lowest BCUT2D eigenvalue weighted by Gasteiger charge is -2.13. The molecule has 1 atom stereocenters. The molecule has 0 aliphatic carbocycles. The minimum atomic E-state index is -0.0169. The predicted octanol–water partition coefficient (Wildman–Crippen LogP) is 3.02. The molecule has 0 spiro atoms. The Morgan fingerprint density at radius 3 is 2.70 bits per heavy atom. The molecule has 0 amide bonds. The Balaban J connectivity index is 1.44. The summed E-state index contributed by atoms with van der Waals surface area (Å²) in [5, 5.41) is 15.4. The van der Waals surface area contributed by atoms with Gasteiger partial charge in [0.2, 0.25) is 0 Å². The van der Waals surface area contributed by atoms with Gasteiger partial charge in [-0.25, -0.2) is 4.98 Å². The van der Waals surface area contributed by atoms with E-state index in [1.54, 1.807) is 12.5 Å². The van der Waals surface area contributed by atoms with Gasteiger partial charge in [-0.05, 0) is 24.6 Å². The van der Waals surface area contributed by atoms with Crippen molar-refractivity contribution in [2.75, 3.05) is 5.32 Å². The molecular formula is C19H19N7O. The average molecular weight is 361 g/mol. The van der Waals surface area contributed by atoms with E-state index in [1.807, 2.05) is 61.0 Å². The van der Waals surface area contributed by atoms with Gasteiger partial charge in [-0.2, -0.15) is 4.98 Å². The Morgan fingerprint density at radius 2 is 2.00 bits per heavy atom. The van der Waals surface area contributed by atoms with E-state index in [0.29, 0.717) is 18.1 Å². The van der Waals surface area contributed by atoms with Gasteiger partial charge in [-0.3, -0.25) is 0 Å². The van der Waals surface area contributed by atoms with Crippen molar-refractivity contribution in [1.82, 2.24) is 29.9 Å². The van der Waals surface area contributed by atoms with Gasteiger partial charge in [0.25, 0.3) is 5.89 Å². The van der Waals surface area contributed by atoms with E-state index < -0.39 is 0 Å². The summed E-state index contributed by atoms with van der Waals surface area (Å²) in [7, 11) is 1.91. The number of nitrogens with zero attached hydrogens (tertiary/aromatic N) is 6. The molecular weight excluding hydrogens is 342 g/mol. The third-order valence-corrected chi connectivity index (χ3v) is 4.18. The maximum absolute atomic E-state index is 5.38. The maximum Gasteiger partial charge on any atom is 0.259 e. The van der Waals surface area contributed by atoms with Crippen LogP contribution in [-0.2, 0) is 13.5 Å². The molecule has 4 aromatic rings. The summed E-state index contributed by atoms with van der Waals surface area (Å²) in [4.78, 5) is 8.89. The smallest absolute Gasteiger partial charge is 0.259 e. The monoisotopic (exact) mass is 361 g/mol. The molecule has 3 heterocycles. The molecule has 0 fully saturated rings. The number of aryl methyl sites for hydroxylation is 1. The highest BCUT2D eigenvalue weighted by atomic mass is 16.5. The first kappa shape index (κ1) is 16.9. The van der Waals surface area contributed by atoms with E-state index in [0.717, 1.165) is 22.8 Å². The van der Waals surface area contributed by atoms with E-state index in [9.17, 15) is 0 Å². The number of aromatic nitrogens is 6. The SMILES string of the molecule is C[C@@H](Nc1ccc(-c2nc(Cc3ccccc3)no2)cn1)c1nncn1C. The summed E-state index contributed by atoms with van der Waals surface area (Å²) >= 11 is 0. The minimum absolute atomic E-state index is 0.0169. The highest BCUT2D eigenvalue weighted by Gasteiger charge is 2.13. The van der Waals surface area contributed by atoms with Crippen LogP contribution in [0.3, 0.4) is 0 Å². The number of anilines is 1. The van der Waals surface area contributed by atoms with Crippen molar-refractivity contribution in [2.45, 2.75) is 19.4 Å². The minimum Gasteiger partial charge on any atom is -0.360 e. The number of nitrogens with one attached hydrogen (secondary N) is 1. The molecule has 1 aromatic carbocycles. The predicted molar refractivity (Wildman–Crippen MR) is 99.8 cm³/mol. The maximum atomic E-state index is 5.38. The van der Waals surface area contributed by atoms with Crippen molar-refractivity contribution in [2.24, 2.45) is 7.05 Å². The lowest BCUT2D eigenvalue weighted by atomic mass is 10.1. The third kappa shape index (κ3) is 3.84. The van der Waals surface area contributed by atoms with Crippen LogP contribution in [0, 0.1) is 0 Å². The second-order valence-corrected chi connectivity index (χ2v) is 6.28. The first-order chi connectivity index (χ1) is 13.2. The Bertz CT molecular complexity index is 1010. The van der Waals surface area contributed by atoms with E-state index in [2.05, 4.69) is 30.6 Å². The molecule has 27 heavy (non-hydrogen) atoms. The Labute approximate surface area is 156 Å². The van der Waals surface area contributed by atoms with Crippen LogP contribution in [0.25, 0.3) is 11.5 Å². The first-order valence-corrected chi connectivity index (χ1v) is 8.62. The van der Waals surface area contributed by atoms with Gasteiger partial charge >= 0.3 is 0 Å². The normalized spacial score (nSPS) is 12.1. The molecule has 8 heteroatoms. The number of benzene rings is 1. The van der Waals surface area contributed by atoms with Crippen LogP contribution >= 0.6 is 0 Å². The van der Waals surface area contributed by atoms with Crippen LogP contribution < -0.4 is 5.32 Å². The van der Waals surface area contributed by atoms with Crippen LogP contribution in [0.15, 0.2) is 59.5 Å². The zero-order valence-electron chi connectivity index (χ0n) is 15.1. The van der Waals surface area contributed by atoms with Gasteiger partial charge in [0.15, 0.2) is 11.6 Å². The zero-order chi connectivity index (χ0) is 18.6. The van der Waals surface area contributed by atoms with E-state index in [1.165, 1.54) is 0 Å². The zero-order valence-corrected chi connectivity index (χ0v) is 15.1. The fourth-order valence-corrected chi connectivity index (χ4v) is 2.80. The fraction of sp³-hybridized carbons (Fsp3) is 0.211. The Hall–Kier alpha value is -3.55. The number of hydrogen-bond donors (Lipinski definition) is 1. The van der Waals surface area contributed by atoms with Crippen molar-refractivity contribution in [3.8, 4) is 11.5 Å². The van der Waals surface area contributed by atoms with Crippen LogP contribution in [0.2, 0.25) is 0 Å². The molecule has 0 saturated heterocycles. The van der Waals surface area contributed by atoms with Crippen molar-refractivity contribution in [3.05, 3.63) is 72.2 Å². The van der Waals surface area contributed by atoms with Crippen LogP contribution in [0.4, 0.5) is 5.82 Å². The first-order valence-electron chi connectivity index (χ1n) is 8.62. The molecule has 4 rings (SSSR count). The Kier molecular flexibility index (Phi) is 4.61. The Morgan fingerprint density at radius 1 is 1.15 bits per heavy atom. The van der Waals surface area contributed by atoms with Gasteiger partial charge in [-0.15, -0.1) is 10.2 Å². The highest BCUT2D eigenvalue weighted by Crippen LogP contribution is 2.20. The van der Waals surface area contributed by atoms with Crippen LogP contribution in [-0.4, -0.2) is 29.9 Å². The number of hydrogen-bond acceptors (Lipinski definition) is 7. The molecule has 1 N–H and O–H groups in total. The number of rotatable bonds is 6. The van der Waals surface area contributed by atoms with Gasteiger partial charge in [0.05, 0.1) is 11.6 Å². The summed E-state index contributed by atoms with van der Waals surface area (Å²) in [6, 6.07) is 13.8. The summed E-state index contributed by atoms with van der Waals surface area (Å²) in [6.45, 7) is 2.01. The van der Waals surface area contributed by atoms with Crippen LogP contribution in [0.1, 0.15) is 30.2 Å². The molecule has 0 bridgehead atoms. The largest absolute Gasteiger partial charge is 0.360 e. The summed E-state index contributed by atoms with van der Waals surface area (Å²) in [5.41, 5.74) is 1.92. The second kappa shape index (κ2) is 7.36. The van der Waals surface area contributed by atoms with Gasteiger partial charge < -0.3 is 14.4 Å². The fourth-order valence-electron chi connectivity index (χ4n) is 2.80. The van der Waals surface area contributed by atoms with Crippen molar-refractivity contribution >= 4 is 5.82 Å². The summed E-state index contributed by atoms with van der Waals surface area (Å²) in [6.07, 6.45) is 4.02. The topological polar surface area (TPSA) is 94.6 Å². The molecule has 0 unspecified atom stereocenters.